The number of carbonyl (C=O) groups excluding carboxylic acids is 1. The molecule has 3 aromatic rings. The fourth-order valence-electron chi connectivity index (χ4n) is 2.47. The van der Waals surface area contributed by atoms with Gasteiger partial charge in [0.05, 0.1) is 6.61 Å². The van der Waals surface area contributed by atoms with Crippen LogP contribution < -0.4 is 0 Å². The monoisotopic (exact) mass is 322 g/mol. The molecule has 0 saturated carbocycles. The highest BCUT2D eigenvalue weighted by atomic mass is 16.3. The molecule has 0 fully saturated rings. The maximum Gasteiger partial charge on any atom is 0.254 e. The van der Waals surface area contributed by atoms with Gasteiger partial charge in [0.15, 0.2) is 0 Å². The summed E-state index contributed by atoms with van der Waals surface area (Å²) in [5, 5.41) is 16.8. The number of benzene rings is 2. The van der Waals surface area contributed by atoms with Crippen molar-refractivity contribution < 1.29 is 9.90 Å². The molecule has 0 spiro atoms. The number of hydrogen-bond acceptors (Lipinski definition) is 4. The van der Waals surface area contributed by atoms with E-state index in [4.69, 9.17) is 0 Å². The lowest BCUT2D eigenvalue weighted by molar-refractivity contribution is 0.0708. The molecule has 0 aliphatic rings. The number of aliphatic hydroxyl groups is 1. The highest BCUT2D eigenvalue weighted by Gasteiger charge is 2.15. The molecule has 0 unspecified atom stereocenters. The van der Waals surface area contributed by atoms with Gasteiger partial charge in [0.1, 0.15) is 12.7 Å². The average molecular weight is 322 g/mol. The number of amides is 1. The summed E-state index contributed by atoms with van der Waals surface area (Å²) in [7, 11) is 0. The summed E-state index contributed by atoms with van der Waals surface area (Å²) in [6.45, 7) is 0.686. The van der Waals surface area contributed by atoms with Crippen molar-refractivity contribution >= 4 is 5.91 Å². The topological polar surface area (TPSA) is 71.2 Å². The SMILES string of the molecule is O=C(c1ccc(-n2cnnc2)cc1)N(CCO)Cc1ccccc1. The highest BCUT2D eigenvalue weighted by molar-refractivity contribution is 5.94. The van der Waals surface area contributed by atoms with Crippen LogP contribution in [0.5, 0.6) is 0 Å². The Labute approximate surface area is 140 Å². The van der Waals surface area contributed by atoms with Crippen LogP contribution in [-0.4, -0.2) is 43.8 Å². The van der Waals surface area contributed by atoms with Gasteiger partial charge in [-0.3, -0.25) is 9.36 Å². The van der Waals surface area contributed by atoms with Crippen LogP contribution in [0.2, 0.25) is 0 Å². The highest BCUT2D eigenvalue weighted by Crippen LogP contribution is 2.13. The Kier molecular flexibility index (Phi) is 4.98. The first-order chi connectivity index (χ1) is 11.8. The van der Waals surface area contributed by atoms with Gasteiger partial charge in [-0.2, -0.15) is 0 Å². The second-order valence-electron chi connectivity index (χ2n) is 5.35. The lowest BCUT2D eigenvalue weighted by atomic mass is 10.1. The Morgan fingerprint density at radius 2 is 1.67 bits per heavy atom. The Hall–Kier alpha value is -2.99. The van der Waals surface area contributed by atoms with Crippen molar-refractivity contribution in [3.05, 3.63) is 78.4 Å². The summed E-state index contributed by atoms with van der Waals surface area (Å²) in [4.78, 5) is 14.4. The molecule has 2 aromatic carbocycles. The van der Waals surface area contributed by atoms with Crippen LogP contribution in [0.15, 0.2) is 67.3 Å². The van der Waals surface area contributed by atoms with Gasteiger partial charge in [-0.15, -0.1) is 10.2 Å². The third kappa shape index (κ3) is 3.67. The molecule has 0 aliphatic carbocycles. The van der Waals surface area contributed by atoms with Gasteiger partial charge in [0, 0.05) is 24.3 Å². The summed E-state index contributed by atoms with van der Waals surface area (Å²) in [6.07, 6.45) is 3.20. The van der Waals surface area contributed by atoms with Crippen LogP contribution >= 0.6 is 0 Å². The summed E-state index contributed by atoms with van der Waals surface area (Å²) >= 11 is 0. The van der Waals surface area contributed by atoms with Gasteiger partial charge >= 0.3 is 0 Å². The van der Waals surface area contributed by atoms with Crippen LogP contribution in [0.4, 0.5) is 0 Å². The van der Waals surface area contributed by atoms with E-state index in [0.29, 0.717) is 18.7 Å². The van der Waals surface area contributed by atoms with Gasteiger partial charge < -0.3 is 10.0 Å². The van der Waals surface area contributed by atoms with E-state index in [-0.39, 0.29) is 12.5 Å². The zero-order chi connectivity index (χ0) is 16.8. The molecule has 3 rings (SSSR count). The standard InChI is InChI=1S/C18H18N4O2/c23-11-10-21(12-15-4-2-1-3-5-15)18(24)16-6-8-17(9-7-16)22-13-19-20-14-22/h1-9,13-14,23H,10-12H2. The van der Waals surface area contributed by atoms with Crippen LogP contribution in [0, 0.1) is 0 Å². The molecule has 6 heteroatoms. The largest absolute Gasteiger partial charge is 0.395 e. The van der Waals surface area contributed by atoms with E-state index in [1.54, 1.807) is 34.3 Å². The molecule has 0 radical (unpaired) electrons. The zero-order valence-electron chi connectivity index (χ0n) is 13.1. The van der Waals surface area contributed by atoms with Gasteiger partial charge in [-0.05, 0) is 29.8 Å². The molecular formula is C18H18N4O2. The number of rotatable bonds is 6. The van der Waals surface area contributed by atoms with Gasteiger partial charge in [0.2, 0.25) is 0 Å². The molecule has 1 N–H and O–H groups in total. The molecule has 0 aliphatic heterocycles. The summed E-state index contributed by atoms with van der Waals surface area (Å²) < 4.78 is 1.77. The first-order valence-electron chi connectivity index (χ1n) is 7.67. The molecule has 1 amide bonds. The maximum absolute atomic E-state index is 12.7. The number of carbonyl (C=O) groups is 1. The Morgan fingerprint density at radius 3 is 2.29 bits per heavy atom. The first-order valence-corrected chi connectivity index (χ1v) is 7.67. The Bertz CT molecular complexity index is 771. The van der Waals surface area contributed by atoms with Crippen LogP contribution in [0.25, 0.3) is 5.69 Å². The van der Waals surface area contributed by atoms with Crippen molar-refractivity contribution in [1.29, 1.82) is 0 Å². The van der Waals surface area contributed by atoms with Crippen LogP contribution in [-0.2, 0) is 6.54 Å². The average Bonchev–Trinajstić information content (AvgIpc) is 3.16. The fraction of sp³-hybridized carbons (Fsp3) is 0.167. The third-order valence-corrected chi connectivity index (χ3v) is 3.70. The van der Waals surface area contributed by atoms with E-state index in [1.807, 2.05) is 42.5 Å². The predicted octanol–water partition coefficient (Wildman–Crippen LogP) is 1.90. The van der Waals surface area contributed by atoms with Crippen LogP contribution in [0.3, 0.4) is 0 Å². The minimum Gasteiger partial charge on any atom is -0.395 e. The first kappa shape index (κ1) is 15.9. The molecule has 0 bridgehead atoms. The Balaban J connectivity index is 1.77. The van der Waals surface area contributed by atoms with Crippen molar-refractivity contribution in [1.82, 2.24) is 19.7 Å². The molecule has 24 heavy (non-hydrogen) atoms. The smallest absolute Gasteiger partial charge is 0.254 e. The summed E-state index contributed by atoms with van der Waals surface area (Å²) in [5.41, 5.74) is 2.49. The summed E-state index contributed by atoms with van der Waals surface area (Å²) in [6, 6.07) is 17.0. The number of hydrogen-bond donors (Lipinski definition) is 1. The molecule has 1 heterocycles. The predicted molar refractivity (Wildman–Crippen MR) is 89.6 cm³/mol. The fourth-order valence-corrected chi connectivity index (χ4v) is 2.47. The van der Waals surface area contributed by atoms with E-state index in [0.717, 1.165) is 11.3 Å². The second-order valence-corrected chi connectivity index (χ2v) is 5.35. The zero-order valence-corrected chi connectivity index (χ0v) is 13.1. The van der Waals surface area contributed by atoms with Crippen molar-refractivity contribution in [2.24, 2.45) is 0 Å². The molecule has 1 aromatic heterocycles. The lowest BCUT2D eigenvalue weighted by Gasteiger charge is -2.22. The van der Waals surface area contributed by atoms with Gasteiger partial charge in [-0.1, -0.05) is 30.3 Å². The van der Waals surface area contributed by atoms with E-state index in [2.05, 4.69) is 10.2 Å². The molecular weight excluding hydrogens is 304 g/mol. The maximum atomic E-state index is 12.7. The number of nitrogens with zero attached hydrogens (tertiary/aromatic N) is 4. The number of aliphatic hydroxyl groups excluding tert-OH is 1. The quantitative estimate of drug-likeness (QED) is 0.752. The van der Waals surface area contributed by atoms with Crippen molar-refractivity contribution in [2.75, 3.05) is 13.2 Å². The number of aromatic nitrogens is 3. The third-order valence-electron chi connectivity index (χ3n) is 3.70. The normalized spacial score (nSPS) is 10.5. The van der Waals surface area contributed by atoms with E-state index in [1.165, 1.54) is 0 Å². The van der Waals surface area contributed by atoms with Crippen molar-refractivity contribution in [3.8, 4) is 5.69 Å². The second kappa shape index (κ2) is 7.52. The van der Waals surface area contributed by atoms with Crippen LogP contribution in [0.1, 0.15) is 15.9 Å². The minimum absolute atomic E-state index is 0.0721. The molecule has 0 saturated heterocycles. The van der Waals surface area contributed by atoms with E-state index < -0.39 is 0 Å². The molecule has 6 nitrogen and oxygen atoms in total. The molecule has 122 valence electrons. The molecule has 0 atom stereocenters. The van der Waals surface area contributed by atoms with Gasteiger partial charge in [0.25, 0.3) is 5.91 Å². The van der Waals surface area contributed by atoms with Crippen molar-refractivity contribution in [3.63, 3.8) is 0 Å². The Morgan fingerprint density at radius 1 is 1.00 bits per heavy atom. The van der Waals surface area contributed by atoms with Gasteiger partial charge in [-0.25, -0.2) is 0 Å². The van der Waals surface area contributed by atoms with E-state index >= 15 is 0 Å². The lowest BCUT2D eigenvalue weighted by Crippen LogP contribution is -2.33. The van der Waals surface area contributed by atoms with Crippen molar-refractivity contribution in [2.45, 2.75) is 6.54 Å². The summed E-state index contributed by atoms with van der Waals surface area (Å²) in [5.74, 6) is -0.108. The minimum atomic E-state index is -0.108. The van der Waals surface area contributed by atoms with E-state index in [9.17, 15) is 9.90 Å².